The standard InChI is InChI=1S/C25H31N3O7/c1-3-32-24(30)17-34-20-5-6-21(23(15-20)35-18-25(31)33-4-2)22(29)16-27-11-13-28(14-12-27)19-7-9-26-10-8-19/h5-10,15H,3-4,11-14,16-18H2,1-2H3. The number of hydrogen-bond acceptors (Lipinski definition) is 10. The number of hydrogen-bond donors (Lipinski definition) is 0. The molecule has 0 aliphatic carbocycles. The van der Waals surface area contributed by atoms with Gasteiger partial charge in [-0.05, 0) is 38.1 Å². The summed E-state index contributed by atoms with van der Waals surface area (Å²) in [5, 5.41) is 0. The van der Waals surface area contributed by atoms with E-state index in [-0.39, 0.29) is 44.5 Å². The van der Waals surface area contributed by atoms with Gasteiger partial charge in [-0.3, -0.25) is 14.7 Å². The molecule has 1 aliphatic heterocycles. The monoisotopic (exact) mass is 485 g/mol. The molecule has 0 radical (unpaired) electrons. The van der Waals surface area contributed by atoms with Gasteiger partial charge in [-0.25, -0.2) is 9.59 Å². The minimum absolute atomic E-state index is 0.141. The molecule has 0 atom stereocenters. The zero-order valence-corrected chi connectivity index (χ0v) is 20.1. The minimum atomic E-state index is -0.545. The second-order valence-corrected chi connectivity index (χ2v) is 7.74. The first kappa shape index (κ1) is 26.0. The molecular formula is C25H31N3O7. The predicted octanol–water partition coefficient (Wildman–Crippen LogP) is 1.97. The van der Waals surface area contributed by atoms with Crippen molar-refractivity contribution < 1.29 is 33.3 Å². The zero-order chi connectivity index (χ0) is 25.0. The number of aromatic nitrogens is 1. The number of benzene rings is 1. The van der Waals surface area contributed by atoms with Gasteiger partial charge < -0.3 is 23.8 Å². The second kappa shape index (κ2) is 13.3. The van der Waals surface area contributed by atoms with Crippen LogP contribution in [0.2, 0.25) is 0 Å². The molecule has 1 saturated heterocycles. The number of Topliss-reactive ketones (excluding diaryl/α,β-unsaturated/α-hetero) is 1. The molecule has 1 aliphatic rings. The summed E-state index contributed by atoms with van der Waals surface area (Å²) in [6.45, 7) is 6.52. The van der Waals surface area contributed by atoms with Crippen molar-refractivity contribution in [2.75, 3.05) is 64.1 Å². The van der Waals surface area contributed by atoms with E-state index in [1.54, 1.807) is 38.4 Å². The van der Waals surface area contributed by atoms with Crippen molar-refractivity contribution in [1.29, 1.82) is 0 Å². The summed E-state index contributed by atoms with van der Waals surface area (Å²) in [4.78, 5) is 44.9. The maximum absolute atomic E-state index is 13.1. The Balaban J connectivity index is 1.64. The molecule has 1 fully saturated rings. The van der Waals surface area contributed by atoms with E-state index in [0.29, 0.717) is 11.3 Å². The Morgan fingerprint density at radius 3 is 2.11 bits per heavy atom. The van der Waals surface area contributed by atoms with Gasteiger partial charge in [0.2, 0.25) is 0 Å². The van der Waals surface area contributed by atoms with Crippen molar-refractivity contribution in [1.82, 2.24) is 9.88 Å². The van der Waals surface area contributed by atoms with Gasteiger partial charge in [0.15, 0.2) is 19.0 Å². The molecule has 3 rings (SSSR count). The Morgan fingerprint density at radius 1 is 0.857 bits per heavy atom. The van der Waals surface area contributed by atoms with Crippen LogP contribution < -0.4 is 14.4 Å². The number of piperazine rings is 1. The summed E-state index contributed by atoms with van der Waals surface area (Å²) >= 11 is 0. The van der Waals surface area contributed by atoms with Crippen LogP contribution >= 0.6 is 0 Å². The van der Waals surface area contributed by atoms with Crippen molar-refractivity contribution in [3.05, 3.63) is 48.3 Å². The molecule has 10 heteroatoms. The lowest BCUT2D eigenvalue weighted by atomic mass is 10.1. The molecule has 188 valence electrons. The highest BCUT2D eigenvalue weighted by molar-refractivity contribution is 6.00. The number of ketones is 1. The zero-order valence-electron chi connectivity index (χ0n) is 20.1. The van der Waals surface area contributed by atoms with Crippen LogP contribution in [0.1, 0.15) is 24.2 Å². The van der Waals surface area contributed by atoms with Crippen LogP contribution in [0.3, 0.4) is 0 Å². The molecule has 10 nitrogen and oxygen atoms in total. The van der Waals surface area contributed by atoms with Crippen LogP contribution in [0.4, 0.5) is 5.69 Å². The van der Waals surface area contributed by atoms with Crippen molar-refractivity contribution in [2.24, 2.45) is 0 Å². The number of ether oxygens (including phenoxy) is 4. The van der Waals surface area contributed by atoms with Crippen LogP contribution in [0.15, 0.2) is 42.7 Å². The van der Waals surface area contributed by atoms with E-state index in [4.69, 9.17) is 18.9 Å². The van der Waals surface area contributed by atoms with E-state index in [9.17, 15) is 14.4 Å². The molecule has 0 spiro atoms. The summed E-state index contributed by atoms with van der Waals surface area (Å²) in [5.41, 5.74) is 1.44. The normalized spacial score (nSPS) is 13.7. The average molecular weight is 486 g/mol. The highest BCUT2D eigenvalue weighted by atomic mass is 16.6. The van der Waals surface area contributed by atoms with Gasteiger partial charge in [0.25, 0.3) is 0 Å². The molecular weight excluding hydrogens is 454 g/mol. The van der Waals surface area contributed by atoms with Crippen molar-refractivity contribution in [2.45, 2.75) is 13.8 Å². The van der Waals surface area contributed by atoms with E-state index >= 15 is 0 Å². The highest BCUT2D eigenvalue weighted by Gasteiger charge is 2.22. The average Bonchev–Trinajstić information content (AvgIpc) is 2.87. The lowest BCUT2D eigenvalue weighted by Gasteiger charge is -2.35. The lowest BCUT2D eigenvalue weighted by molar-refractivity contribution is -0.146. The molecule has 1 aromatic carbocycles. The largest absolute Gasteiger partial charge is 0.482 e. The third kappa shape index (κ3) is 7.96. The highest BCUT2D eigenvalue weighted by Crippen LogP contribution is 2.26. The maximum atomic E-state index is 13.1. The summed E-state index contributed by atoms with van der Waals surface area (Å²) in [7, 11) is 0. The summed E-state index contributed by atoms with van der Waals surface area (Å²) in [6.07, 6.45) is 3.53. The number of carbonyl (C=O) groups excluding carboxylic acids is 3. The predicted molar refractivity (Wildman–Crippen MR) is 128 cm³/mol. The Bertz CT molecular complexity index is 992. The Morgan fingerprint density at radius 2 is 1.49 bits per heavy atom. The topological polar surface area (TPSA) is 108 Å². The fraction of sp³-hybridized carbons (Fsp3) is 0.440. The van der Waals surface area contributed by atoms with Crippen molar-refractivity contribution >= 4 is 23.4 Å². The van der Waals surface area contributed by atoms with E-state index in [1.165, 1.54) is 6.07 Å². The number of carbonyl (C=O) groups is 3. The Hall–Kier alpha value is -3.66. The van der Waals surface area contributed by atoms with E-state index in [0.717, 1.165) is 31.9 Å². The first-order chi connectivity index (χ1) is 17.0. The molecule has 35 heavy (non-hydrogen) atoms. The summed E-state index contributed by atoms with van der Waals surface area (Å²) in [6, 6.07) is 8.60. The molecule has 0 saturated carbocycles. The van der Waals surface area contributed by atoms with Gasteiger partial charge in [-0.15, -0.1) is 0 Å². The van der Waals surface area contributed by atoms with Crippen molar-refractivity contribution in [3.8, 4) is 11.5 Å². The van der Waals surface area contributed by atoms with E-state index in [1.807, 2.05) is 12.1 Å². The minimum Gasteiger partial charge on any atom is -0.482 e. The molecule has 0 unspecified atom stereocenters. The van der Waals surface area contributed by atoms with Crippen LogP contribution in [-0.4, -0.2) is 86.8 Å². The van der Waals surface area contributed by atoms with Crippen LogP contribution in [0.25, 0.3) is 0 Å². The number of esters is 2. The SMILES string of the molecule is CCOC(=O)COc1ccc(C(=O)CN2CCN(c3ccncc3)CC2)c(OCC(=O)OCC)c1. The fourth-order valence-electron chi connectivity index (χ4n) is 3.63. The van der Waals surface area contributed by atoms with Gasteiger partial charge in [0.05, 0.1) is 25.3 Å². The van der Waals surface area contributed by atoms with E-state index in [2.05, 4.69) is 14.8 Å². The molecule has 1 aromatic heterocycles. The third-order valence-corrected chi connectivity index (χ3v) is 5.33. The smallest absolute Gasteiger partial charge is 0.344 e. The number of rotatable bonds is 12. The van der Waals surface area contributed by atoms with Crippen LogP contribution in [0.5, 0.6) is 11.5 Å². The van der Waals surface area contributed by atoms with Gasteiger partial charge in [0, 0.05) is 50.3 Å². The van der Waals surface area contributed by atoms with Crippen LogP contribution in [0, 0.1) is 0 Å². The molecule has 2 aromatic rings. The van der Waals surface area contributed by atoms with Gasteiger partial charge >= 0.3 is 11.9 Å². The van der Waals surface area contributed by atoms with Crippen molar-refractivity contribution in [3.63, 3.8) is 0 Å². The van der Waals surface area contributed by atoms with Gasteiger partial charge in [-0.2, -0.15) is 0 Å². The molecule has 0 N–H and O–H groups in total. The Labute approximate surface area is 204 Å². The van der Waals surface area contributed by atoms with Gasteiger partial charge in [-0.1, -0.05) is 0 Å². The quantitative estimate of drug-likeness (QED) is 0.327. The maximum Gasteiger partial charge on any atom is 0.344 e. The fourth-order valence-corrected chi connectivity index (χ4v) is 3.63. The second-order valence-electron chi connectivity index (χ2n) is 7.74. The molecule has 0 bridgehead atoms. The first-order valence-corrected chi connectivity index (χ1v) is 11.6. The summed E-state index contributed by atoms with van der Waals surface area (Å²) in [5.74, 6) is -0.680. The third-order valence-electron chi connectivity index (χ3n) is 5.33. The summed E-state index contributed by atoms with van der Waals surface area (Å²) < 4.78 is 20.8. The first-order valence-electron chi connectivity index (χ1n) is 11.6. The molecule has 2 heterocycles. The number of pyridine rings is 1. The van der Waals surface area contributed by atoms with E-state index < -0.39 is 11.9 Å². The van der Waals surface area contributed by atoms with Gasteiger partial charge in [0.1, 0.15) is 11.5 Å². The van der Waals surface area contributed by atoms with Crippen LogP contribution in [-0.2, 0) is 19.1 Å². The Kier molecular flexibility index (Phi) is 9.85. The number of nitrogens with zero attached hydrogens (tertiary/aromatic N) is 3. The lowest BCUT2D eigenvalue weighted by Crippen LogP contribution is -2.48. The molecule has 0 amide bonds. The number of anilines is 1.